The lowest BCUT2D eigenvalue weighted by molar-refractivity contribution is -0.303. The maximum atomic E-state index is 10.3. The Morgan fingerprint density at radius 2 is 1.62 bits per heavy atom. The van der Waals surface area contributed by atoms with E-state index in [2.05, 4.69) is 0 Å². The van der Waals surface area contributed by atoms with E-state index >= 15 is 0 Å². The molecule has 2 nitrogen and oxygen atoms in total. The van der Waals surface area contributed by atoms with E-state index in [0.29, 0.717) is 5.57 Å². The highest BCUT2D eigenvalue weighted by molar-refractivity contribution is 5.92. The molecule has 8 heavy (non-hydrogen) atoms. The highest BCUT2D eigenvalue weighted by Crippen LogP contribution is 1.95. The minimum atomic E-state index is -0.141. The molecule has 0 amide bonds. The molecule has 2 heteroatoms. The number of Topliss-reactive ketones (excluding diaryl/α,β-unsaturated/α-hetero) is 1. The number of hydrogen-bond acceptors (Lipinski definition) is 2. The molecule has 0 aromatic heterocycles. The number of carbonyl (C=O) groups is 1. The van der Waals surface area contributed by atoms with Crippen LogP contribution in [0.25, 0.3) is 0 Å². The predicted octanol–water partition coefficient (Wildman–Crippen LogP) is 0.230. The van der Waals surface area contributed by atoms with E-state index in [1.807, 2.05) is 0 Å². The average Bonchev–Trinajstić information content (AvgIpc) is 1.64. The van der Waals surface area contributed by atoms with Gasteiger partial charge in [-0.1, -0.05) is 6.92 Å². The van der Waals surface area contributed by atoms with E-state index in [4.69, 9.17) is 0 Å². The average molecular weight is 113 g/mol. The third kappa shape index (κ3) is 1.78. The quantitative estimate of drug-likeness (QED) is 0.360. The molecule has 0 N–H and O–H groups in total. The van der Waals surface area contributed by atoms with E-state index in [0.717, 1.165) is 0 Å². The van der Waals surface area contributed by atoms with Crippen LogP contribution in [0.15, 0.2) is 11.3 Å². The first kappa shape index (κ1) is 7.21. The monoisotopic (exact) mass is 113 g/mol. The van der Waals surface area contributed by atoms with Crippen LogP contribution in [-0.2, 0) is 4.79 Å². The van der Waals surface area contributed by atoms with Crippen molar-refractivity contribution in [1.29, 1.82) is 0 Å². The summed E-state index contributed by atoms with van der Waals surface area (Å²) in [5, 5.41) is 10.3. The molecule has 0 fully saturated rings. The molecule has 0 aliphatic rings. The summed E-state index contributed by atoms with van der Waals surface area (Å²) in [6, 6.07) is 0. The van der Waals surface area contributed by atoms with Gasteiger partial charge >= 0.3 is 0 Å². The van der Waals surface area contributed by atoms with Gasteiger partial charge < -0.3 is 5.11 Å². The van der Waals surface area contributed by atoms with Gasteiger partial charge in [0, 0.05) is 0 Å². The molecular formula is C6H9O2-. The van der Waals surface area contributed by atoms with Crippen LogP contribution in [0.2, 0.25) is 0 Å². The fraction of sp³-hybridized carbons (Fsp3) is 0.500. The number of rotatable bonds is 1. The fourth-order valence-corrected chi connectivity index (χ4v) is 0.248. The summed E-state index contributed by atoms with van der Waals surface area (Å²) >= 11 is 0. The molecule has 0 heterocycles. The first-order valence-electron chi connectivity index (χ1n) is 2.41. The first-order valence-corrected chi connectivity index (χ1v) is 2.41. The van der Waals surface area contributed by atoms with Gasteiger partial charge in [0.15, 0.2) is 5.78 Å². The minimum Gasteiger partial charge on any atom is -0.875 e. The van der Waals surface area contributed by atoms with Crippen molar-refractivity contribution in [3.63, 3.8) is 0 Å². The molecule has 0 aromatic rings. The Morgan fingerprint density at radius 1 is 1.25 bits per heavy atom. The van der Waals surface area contributed by atoms with E-state index in [-0.39, 0.29) is 11.5 Å². The summed E-state index contributed by atoms with van der Waals surface area (Å²) < 4.78 is 0. The largest absolute Gasteiger partial charge is 0.875 e. The topological polar surface area (TPSA) is 40.1 Å². The van der Waals surface area contributed by atoms with Crippen LogP contribution < -0.4 is 5.11 Å². The standard InChI is InChI=1S/C6H10O2/c1-4(5(2)7)6(3)8/h7H,1-3H3/p-1/b5-4+. The van der Waals surface area contributed by atoms with Crippen molar-refractivity contribution in [1.82, 2.24) is 0 Å². The smallest absolute Gasteiger partial charge is 0.154 e. The summed E-state index contributed by atoms with van der Waals surface area (Å²) in [6.07, 6.45) is 0. The third-order valence-corrected chi connectivity index (χ3v) is 1.06. The second-order valence-electron chi connectivity index (χ2n) is 1.74. The van der Waals surface area contributed by atoms with Gasteiger partial charge in [0.1, 0.15) is 0 Å². The Bertz CT molecular complexity index is 129. The zero-order chi connectivity index (χ0) is 6.73. The van der Waals surface area contributed by atoms with Crippen molar-refractivity contribution in [2.45, 2.75) is 20.8 Å². The van der Waals surface area contributed by atoms with Gasteiger partial charge in [0.05, 0.1) is 0 Å². The molecule has 0 saturated heterocycles. The van der Waals surface area contributed by atoms with Crippen molar-refractivity contribution in [2.24, 2.45) is 0 Å². The van der Waals surface area contributed by atoms with Gasteiger partial charge in [-0.3, -0.25) is 4.79 Å². The molecule has 0 spiro atoms. The van der Waals surface area contributed by atoms with Crippen molar-refractivity contribution in [3.05, 3.63) is 11.3 Å². The summed E-state index contributed by atoms with van der Waals surface area (Å²) in [4.78, 5) is 10.3. The van der Waals surface area contributed by atoms with Crippen LogP contribution in [0.1, 0.15) is 20.8 Å². The Kier molecular flexibility index (Phi) is 2.25. The number of ketones is 1. The molecule has 0 rings (SSSR count). The van der Waals surface area contributed by atoms with Gasteiger partial charge in [-0.2, -0.15) is 0 Å². The third-order valence-electron chi connectivity index (χ3n) is 1.06. The number of allylic oxidation sites excluding steroid dienone is 2. The Morgan fingerprint density at radius 3 is 1.62 bits per heavy atom. The lowest BCUT2D eigenvalue weighted by Gasteiger charge is -2.06. The molecule has 0 aromatic carbocycles. The Hall–Kier alpha value is -0.790. The first-order chi connectivity index (χ1) is 3.55. The second kappa shape index (κ2) is 2.50. The van der Waals surface area contributed by atoms with Gasteiger partial charge in [-0.05, 0) is 19.4 Å². The molecule has 0 atom stereocenters. The fourth-order valence-electron chi connectivity index (χ4n) is 0.248. The SMILES string of the molecule is CC(=O)/C(C)=C(\C)[O-]. The van der Waals surface area contributed by atoms with Crippen molar-refractivity contribution in [2.75, 3.05) is 0 Å². The van der Waals surface area contributed by atoms with Crippen LogP contribution in [0, 0.1) is 0 Å². The molecule has 0 radical (unpaired) electrons. The number of hydrogen-bond donors (Lipinski definition) is 0. The molecule has 0 bridgehead atoms. The van der Waals surface area contributed by atoms with Crippen molar-refractivity contribution >= 4 is 5.78 Å². The second-order valence-corrected chi connectivity index (χ2v) is 1.74. The van der Waals surface area contributed by atoms with E-state index in [1.165, 1.54) is 20.8 Å². The summed E-state index contributed by atoms with van der Waals surface area (Å²) in [7, 11) is 0. The zero-order valence-electron chi connectivity index (χ0n) is 5.32. The van der Waals surface area contributed by atoms with Crippen LogP contribution in [0.3, 0.4) is 0 Å². The molecular weight excluding hydrogens is 104 g/mol. The normalized spacial score (nSPS) is 12.9. The van der Waals surface area contributed by atoms with Crippen molar-refractivity contribution in [3.8, 4) is 0 Å². The van der Waals surface area contributed by atoms with Gasteiger partial charge in [0.25, 0.3) is 0 Å². The molecule has 46 valence electrons. The van der Waals surface area contributed by atoms with Gasteiger partial charge in [0.2, 0.25) is 0 Å². The van der Waals surface area contributed by atoms with Crippen molar-refractivity contribution < 1.29 is 9.90 Å². The minimum absolute atomic E-state index is 0.141. The predicted molar refractivity (Wildman–Crippen MR) is 29.1 cm³/mol. The van der Waals surface area contributed by atoms with E-state index in [9.17, 15) is 9.90 Å². The van der Waals surface area contributed by atoms with E-state index < -0.39 is 0 Å². The summed E-state index contributed by atoms with van der Waals surface area (Å²) in [6.45, 7) is 4.30. The Balaban J connectivity index is 4.23. The van der Waals surface area contributed by atoms with Crippen LogP contribution >= 0.6 is 0 Å². The summed E-state index contributed by atoms with van der Waals surface area (Å²) in [5.41, 5.74) is 0.324. The maximum Gasteiger partial charge on any atom is 0.154 e. The molecule has 0 unspecified atom stereocenters. The van der Waals surface area contributed by atoms with Crippen LogP contribution in [0.4, 0.5) is 0 Å². The van der Waals surface area contributed by atoms with E-state index in [1.54, 1.807) is 0 Å². The highest BCUT2D eigenvalue weighted by atomic mass is 16.3. The lowest BCUT2D eigenvalue weighted by Crippen LogP contribution is -2.06. The number of carbonyl (C=O) groups excluding carboxylic acids is 1. The van der Waals surface area contributed by atoms with Crippen LogP contribution in [-0.4, -0.2) is 5.78 Å². The molecule has 0 saturated carbocycles. The molecule has 0 aliphatic heterocycles. The Labute approximate surface area is 48.8 Å². The van der Waals surface area contributed by atoms with Crippen LogP contribution in [0.5, 0.6) is 0 Å². The zero-order valence-corrected chi connectivity index (χ0v) is 5.32. The lowest BCUT2D eigenvalue weighted by atomic mass is 10.2. The molecule has 0 aliphatic carbocycles. The summed E-state index contributed by atoms with van der Waals surface area (Å²) in [5.74, 6) is -0.282. The highest BCUT2D eigenvalue weighted by Gasteiger charge is 1.91. The van der Waals surface area contributed by atoms with Gasteiger partial charge in [-0.15, -0.1) is 5.76 Å². The maximum absolute atomic E-state index is 10.3. The van der Waals surface area contributed by atoms with Gasteiger partial charge in [-0.25, -0.2) is 0 Å².